The first-order valence-electron chi connectivity index (χ1n) is 6.86. The molecule has 0 saturated carbocycles. The van der Waals surface area contributed by atoms with Crippen LogP contribution in [0.15, 0.2) is 28.1 Å². The Labute approximate surface area is 125 Å². The van der Waals surface area contributed by atoms with E-state index >= 15 is 0 Å². The third kappa shape index (κ3) is 3.15. The Morgan fingerprint density at radius 2 is 1.95 bits per heavy atom. The molecule has 0 atom stereocenters. The smallest absolute Gasteiger partial charge is 0.286 e. The highest BCUT2D eigenvalue weighted by molar-refractivity contribution is 8.18. The summed E-state index contributed by atoms with van der Waals surface area (Å²) >= 11 is 1.23. The van der Waals surface area contributed by atoms with Gasteiger partial charge in [0.2, 0.25) is 0 Å². The Hall–Kier alpha value is -1.69. The molecule has 1 saturated heterocycles. The number of halogens is 2. The number of hydrogen-bond donors (Lipinski definition) is 0. The van der Waals surface area contributed by atoms with Crippen molar-refractivity contribution in [3.63, 3.8) is 0 Å². The van der Waals surface area contributed by atoms with Gasteiger partial charge in [0.1, 0.15) is 11.6 Å². The number of amides is 1. The fraction of sp³-hybridized carbons (Fsp3) is 0.333. The molecule has 0 N–H and O–H groups in total. The van der Waals surface area contributed by atoms with Crippen molar-refractivity contribution in [1.29, 1.82) is 0 Å². The molecule has 0 bridgehead atoms. The maximum atomic E-state index is 13.6. The third-order valence-electron chi connectivity index (χ3n) is 3.48. The van der Waals surface area contributed by atoms with E-state index in [1.54, 1.807) is 0 Å². The number of carbonyl (C=O) groups is 1. The fourth-order valence-electron chi connectivity index (χ4n) is 2.38. The van der Waals surface area contributed by atoms with E-state index in [-0.39, 0.29) is 11.5 Å². The van der Waals surface area contributed by atoms with Crippen LogP contribution in [0, 0.1) is 11.6 Å². The van der Waals surface area contributed by atoms with E-state index < -0.39 is 11.6 Å². The first kappa shape index (κ1) is 14.3. The van der Waals surface area contributed by atoms with Gasteiger partial charge in [0.05, 0.1) is 4.91 Å². The van der Waals surface area contributed by atoms with Crippen LogP contribution in [-0.4, -0.2) is 29.1 Å². The Bertz CT molecular complexity index is 637. The van der Waals surface area contributed by atoms with E-state index in [0.717, 1.165) is 44.1 Å². The zero-order valence-electron chi connectivity index (χ0n) is 11.3. The summed E-state index contributed by atoms with van der Waals surface area (Å²) < 4.78 is 26.8. The zero-order chi connectivity index (χ0) is 14.8. The topological polar surface area (TPSA) is 32.7 Å². The van der Waals surface area contributed by atoms with Crippen LogP contribution in [0.5, 0.6) is 0 Å². The molecule has 3 rings (SSSR count). The molecule has 6 heteroatoms. The van der Waals surface area contributed by atoms with E-state index in [4.69, 9.17) is 0 Å². The molecule has 0 radical (unpaired) electrons. The van der Waals surface area contributed by atoms with Crippen LogP contribution in [0.4, 0.5) is 8.78 Å². The lowest BCUT2D eigenvalue weighted by atomic mass is 10.1. The second kappa shape index (κ2) is 5.97. The lowest BCUT2D eigenvalue weighted by molar-refractivity contribution is -0.113. The number of likely N-dealkylation sites (tertiary alicyclic amines) is 1. The van der Waals surface area contributed by atoms with Gasteiger partial charge in [0.15, 0.2) is 5.17 Å². The first-order chi connectivity index (χ1) is 10.1. The highest BCUT2D eigenvalue weighted by Gasteiger charge is 2.27. The van der Waals surface area contributed by atoms with E-state index in [2.05, 4.69) is 9.89 Å². The predicted molar refractivity (Wildman–Crippen MR) is 79.8 cm³/mol. The summed E-state index contributed by atoms with van der Waals surface area (Å²) in [7, 11) is 0. The minimum atomic E-state index is -0.552. The molecular formula is C15H14F2N2OS. The van der Waals surface area contributed by atoms with Gasteiger partial charge in [-0.3, -0.25) is 4.79 Å². The first-order valence-corrected chi connectivity index (χ1v) is 7.68. The van der Waals surface area contributed by atoms with Crippen molar-refractivity contribution in [2.45, 2.75) is 19.3 Å². The quantitative estimate of drug-likeness (QED) is 0.745. The summed E-state index contributed by atoms with van der Waals surface area (Å²) in [6.45, 7) is 1.78. The number of rotatable bonds is 1. The van der Waals surface area contributed by atoms with E-state index in [9.17, 15) is 13.6 Å². The van der Waals surface area contributed by atoms with Crippen molar-refractivity contribution in [3.8, 4) is 0 Å². The summed E-state index contributed by atoms with van der Waals surface area (Å²) in [6, 6.07) is 3.18. The SMILES string of the molecule is O=C1N=C(N2CCCCC2)S/C1=C\c1cc(F)ccc1F. The number of amidine groups is 1. The van der Waals surface area contributed by atoms with Gasteiger partial charge in [-0.25, -0.2) is 8.78 Å². The molecule has 1 fully saturated rings. The van der Waals surface area contributed by atoms with Crippen molar-refractivity contribution < 1.29 is 13.6 Å². The van der Waals surface area contributed by atoms with Gasteiger partial charge >= 0.3 is 0 Å². The molecule has 1 aromatic rings. The van der Waals surface area contributed by atoms with Gasteiger partial charge in [0, 0.05) is 18.7 Å². The van der Waals surface area contributed by atoms with E-state index in [1.165, 1.54) is 24.3 Å². The van der Waals surface area contributed by atoms with E-state index in [1.807, 2.05) is 0 Å². The summed E-state index contributed by atoms with van der Waals surface area (Å²) in [5.41, 5.74) is 0.0703. The third-order valence-corrected chi connectivity index (χ3v) is 4.52. The Balaban J connectivity index is 1.80. The van der Waals surface area contributed by atoms with Gasteiger partial charge in [-0.1, -0.05) is 0 Å². The van der Waals surface area contributed by atoms with Crippen LogP contribution in [0.2, 0.25) is 0 Å². The van der Waals surface area contributed by atoms with Gasteiger partial charge < -0.3 is 4.90 Å². The van der Waals surface area contributed by atoms with Gasteiger partial charge in [-0.15, -0.1) is 0 Å². The lowest BCUT2D eigenvalue weighted by Gasteiger charge is -2.27. The largest absolute Gasteiger partial charge is 0.351 e. The van der Waals surface area contributed by atoms with Crippen molar-refractivity contribution >= 4 is 28.9 Å². The summed E-state index contributed by atoms with van der Waals surface area (Å²) in [5.74, 6) is -1.47. The molecule has 1 amide bonds. The second-order valence-corrected chi connectivity index (χ2v) is 6.03. The molecule has 2 aliphatic heterocycles. The fourth-order valence-corrected chi connectivity index (χ4v) is 3.34. The van der Waals surface area contributed by atoms with Crippen LogP contribution >= 0.6 is 11.8 Å². The van der Waals surface area contributed by atoms with Crippen molar-refractivity contribution in [3.05, 3.63) is 40.3 Å². The maximum Gasteiger partial charge on any atom is 0.286 e. The lowest BCUT2D eigenvalue weighted by Crippen LogP contribution is -2.33. The number of aliphatic imine (C=N–C) groups is 1. The van der Waals surface area contributed by atoms with Crippen molar-refractivity contribution in [2.24, 2.45) is 4.99 Å². The average molecular weight is 308 g/mol. The Morgan fingerprint density at radius 1 is 1.19 bits per heavy atom. The summed E-state index contributed by atoms with van der Waals surface area (Å²) in [4.78, 5) is 18.3. The number of carbonyl (C=O) groups excluding carboxylic acids is 1. The van der Waals surface area contributed by atoms with Crippen LogP contribution < -0.4 is 0 Å². The van der Waals surface area contributed by atoms with Crippen molar-refractivity contribution in [1.82, 2.24) is 4.90 Å². The summed E-state index contributed by atoms with van der Waals surface area (Å²) in [6.07, 6.45) is 4.74. The van der Waals surface area contributed by atoms with Gasteiger partial charge in [-0.2, -0.15) is 4.99 Å². The monoisotopic (exact) mass is 308 g/mol. The molecule has 1 aromatic carbocycles. The molecular weight excluding hydrogens is 294 g/mol. The number of nitrogens with zero attached hydrogens (tertiary/aromatic N) is 2. The minimum absolute atomic E-state index is 0.0703. The molecule has 3 nitrogen and oxygen atoms in total. The number of piperidine rings is 1. The minimum Gasteiger partial charge on any atom is -0.351 e. The molecule has 2 aliphatic rings. The number of thioether (sulfide) groups is 1. The van der Waals surface area contributed by atoms with Gasteiger partial charge in [0.25, 0.3) is 5.91 Å². The second-order valence-electron chi connectivity index (χ2n) is 5.02. The summed E-state index contributed by atoms with van der Waals surface area (Å²) in [5, 5.41) is 0.669. The zero-order valence-corrected chi connectivity index (χ0v) is 12.1. The number of benzene rings is 1. The molecule has 21 heavy (non-hydrogen) atoms. The Kier molecular flexibility index (Phi) is 4.05. The molecule has 2 heterocycles. The predicted octanol–water partition coefficient (Wildman–Crippen LogP) is 3.42. The maximum absolute atomic E-state index is 13.6. The molecule has 110 valence electrons. The van der Waals surface area contributed by atoms with Crippen molar-refractivity contribution in [2.75, 3.05) is 13.1 Å². The normalized spacial score (nSPS) is 21.0. The van der Waals surface area contributed by atoms with Crippen LogP contribution in [0.1, 0.15) is 24.8 Å². The van der Waals surface area contributed by atoms with Crippen LogP contribution in [0.3, 0.4) is 0 Å². The molecule has 0 spiro atoms. The average Bonchev–Trinajstić information content (AvgIpc) is 2.85. The highest BCUT2D eigenvalue weighted by Crippen LogP contribution is 2.31. The van der Waals surface area contributed by atoms with E-state index in [0.29, 0.717) is 10.1 Å². The van der Waals surface area contributed by atoms with Gasteiger partial charge in [-0.05, 0) is 55.3 Å². The van der Waals surface area contributed by atoms with Crippen LogP contribution in [0.25, 0.3) is 6.08 Å². The van der Waals surface area contributed by atoms with Crippen LogP contribution in [-0.2, 0) is 4.79 Å². The molecule has 0 aliphatic carbocycles. The standard InChI is InChI=1S/C15H14F2N2OS/c16-11-4-5-12(17)10(8-11)9-13-14(20)18-15(21-13)19-6-2-1-3-7-19/h4-5,8-9H,1-3,6-7H2/b13-9-. The Morgan fingerprint density at radius 3 is 2.71 bits per heavy atom. The molecule has 0 unspecified atom stereocenters. The molecule has 0 aromatic heterocycles. The highest BCUT2D eigenvalue weighted by atomic mass is 32.2. The number of hydrogen-bond acceptors (Lipinski definition) is 3.